The molecular formula is C12H26N4O. The van der Waals surface area contributed by atoms with Crippen LogP contribution >= 0.6 is 0 Å². The molecule has 1 unspecified atom stereocenters. The topological polar surface area (TPSA) is 73.9 Å². The summed E-state index contributed by atoms with van der Waals surface area (Å²) in [5.41, 5.74) is 5.87. The Morgan fingerprint density at radius 2 is 2.12 bits per heavy atom. The third-order valence-electron chi connectivity index (χ3n) is 3.72. The van der Waals surface area contributed by atoms with Crippen LogP contribution in [-0.2, 0) is 0 Å². The van der Waals surface area contributed by atoms with Crippen LogP contribution in [-0.4, -0.2) is 48.7 Å². The number of hydrogen-bond acceptors (Lipinski definition) is 4. The van der Waals surface area contributed by atoms with Crippen LogP contribution in [0.3, 0.4) is 0 Å². The Balaban J connectivity index is 2.29. The van der Waals surface area contributed by atoms with E-state index in [0.29, 0.717) is 17.7 Å². The maximum Gasteiger partial charge on any atom is 0.140 e. The summed E-state index contributed by atoms with van der Waals surface area (Å²) in [6.07, 6.45) is 3.05. The van der Waals surface area contributed by atoms with Gasteiger partial charge in [-0.25, -0.2) is 0 Å². The first-order valence-electron chi connectivity index (χ1n) is 6.33. The highest BCUT2D eigenvalue weighted by Crippen LogP contribution is 2.29. The highest BCUT2D eigenvalue weighted by atomic mass is 16.4. The highest BCUT2D eigenvalue weighted by molar-refractivity contribution is 5.80. The monoisotopic (exact) mass is 242 g/mol. The van der Waals surface area contributed by atoms with Gasteiger partial charge in [0.2, 0.25) is 0 Å². The fraction of sp³-hybridized carbons (Fsp3) is 0.917. The van der Waals surface area contributed by atoms with Crippen LogP contribution in [0.25, 0.3) is 0 Å². The predicted octanol–water partition coefficient (Wildman–Crippen LogP) is 0.833. The van der Waals surface area contributed by atoms with Crippen molar-refractivity contribution in [3.8, 4) is 0 Å². The Hall–Kier alpha value is -0.810. The molecule has 0 radical (unpaired) electrons. The minimum atomic E-state index is 0.252. The molecule has 1 rings (SSSR count). The normalized spacial score (nSPS) is 23.6. The standard InChI is InChI=1S/C12H26N4O/c1-10(8-11(13)15-17)14-9-12(2)4-6-16(3)7-5-12/h10,14,17H,4-9H2,1-3H3,(H2,13,15). The van der Waals surface area contributed by atoms with E-state index in [1.165, 1.54) is 25.9 Å². The summed E-state index contributed by atoms with van der Waals surface area (Å²) in [5.74, 6) is 0.290. The number of amidine groups is 1. The molecule has 4 N–H and O–H groups in total. The average molecular weight is 242 g/mol. The third-order valence-corrected chi connectivity index (χ3v) is 3.72. The van der Waals surface area contributed by atoms with Gasteiger partial charge in [-0.15, -0.1) is 0 Å². The summed E-state index contributed by atoms with van der Waals surface area (Å²) in [4.78, 5) is 2.38. The average Bonchev–Trinajstić information content (AvgIpc) is 2.31. The molecule has 1 saturated heterocycles. The van der Waals surface area contributed by atoms with Crippen molar-refractivity contribution in [2.45, 2.75) is 39.2 Å². The van der Waals surface area contributed by atoms with Crippen LogP contribution in [0.2, 0.25) is 0 Å². The van der Waals surface area contributed by atoms with Crippen molar-refractivity contribution in [2.24, 2.45) is 16.3 Å². The van der Waals surface area contributed by atoms with Gasteiger partial charge in [-0.05, 0) is 45.3 Å². The molecule has 0 aliphatic carbocycles. The summed E-state index contributed by atoms with van der Waals surface area (Å²) in [6.45, 7) is 7.75. The molecule has 0 aromatic carbocycles. The van der Waals surface area contributed by atoms with Crippen LogP contribution < -0.4 is 11.1 Å². The molecule has 0 bridgehead atoms. The van der Waals surface area contributed by atoms with E-state index in [1.54, 1.807) is 0 Å². The first kappa shape index (κ1) is 14.3. The van der Waals surface area contributed by atoms with Crippen LogP contribution in [0.4, 0.5) is 0 Å². The summed E-state index contributed by atoms with van der Waals surface area (Å²) < 4.78 is 0. The molecular weight excluding hydrogens is 216 g/mol. The largest absolute Gasteiger partial charge is 0.409 e. The van der Waals surface area contributed by atoms with Gasteiger partial charge >= 0.3 is 0 Å². The van der Waals surface area contributed by atoms with Crippen LogP contribution in [0.15, 0.2) is 5.16 Å². The van der Waals surface area contributed by atoms with Gasteiger partial charge in [0, 0.05) is 19.0 Å². The second-order valence-corrected chi connectivity index (χ2v) is 5.69. The Morgan fingerprint density at radius 3 is 2.65 bits per heavy atom. The zero-order chi connectivity index (χ0) is 12.9. The molecule has 0 saturated carbocycles. The van der Waals surface area contributed by atoms with Crippen molar-refractivity contribution >= 4 is 5.84 Å². The van der Waals surface area contributed by atoms with E-state index in [0.717, 1.165) is 6.54 Å². The minimum Gasteiger partial charge on any atom is -0.409 e. The number of likely N-dealkylation sites (tertiary alicyclic amines) is 1. The second-order valence-electron chi connectivity index (χ2n) is 5.69. The van der Waals surface area contributed by atoms with Crippen LogP contribution in [0.5, 0.6) is 0 Å². The van der Waals surface area contributed by atoms with E-state index < -0.39 is 0 Å². The molecule has 1 heterocycles. The molecule has 5 nitrogen and oxygen atoms in total. The molecule has 1 aliphatic heterocycles. The maximum absolute atomic E-state index is 8.51. The van der Waals surface area contributed by atoms with Gasteiger partial charge in [0.05, 0.1) is 0 Å². The fourth-order valence-electron chi connectivity index (χ4n) is 2.18. The second kappa shape index (κ2) is 6.21. The van der Waals surface area contributed by atoms with Gasteiger partial charge in [0.1, 0.15) is 5.84 Å². The van der Waals surface area contributed by atoms with Gasteiger partial charge in [-0.3, -0.25) is 0 Å². The maximum atomic E-state index is 8.51. The molecule has 0 amide bonds. The predicted molar refractivity (Wildman–Crippen MR) is 70.3 cm³/mol. The number of nitrogens with one attached hydrogen (secondary N) is 1. The van der Waals surface area contributed by atoms with Crippen molar-refractivity contribution in [1.29, 1.82) is 0 Å². The van der Waals surface area contributed by atoms with Gasteiger partial charge < -0.3 is 21.2 Å². The zero-order valence-corrected chi connectivity index (χ0v) is 11.2. The molecule has 0 spiro atoms. The molecule has 0 aromatic rings. The van der Waals surface area contributed by atoms with Crippen LogP contribution in [0.1, 0.15) is 33.1 Å². The summed E-state index contributed by atoms with van der Waals surface area (Å²) in [6, 6.07) is 0.252. The molecule has 1 atom stereocenters. The molecule has 1 fully saturated rings. The number of piperidine rings is 1. The summed E-state index contributed by atoms with van der Waals surface area (Å²) >= 11 is 0. The van der Waals surface area contributed by atoms with Crippen molar-refractivity contribution < 1.29 is 5.21 Å². The molecule has 5 heteroatoms. The van der Waals surface area contributed by atoms with Crippen molar-refractivity contribution in [2.75, 3.05) is 26.7 Å². The van der Waals surface area contributed by atoms with E-state index in [1.807, 2.05) is 0 Å². The van der Waals surface area contributed by atoms with Crippen molar-refractivity contribution in [3.05, 3.63) is 0 Å². The van der Waals surface area contributed by atoms with E-state index in [4.69, 9.17) is 10.9 Å². The lowest BCUT2D eigenvalue weighted by Crippen LogP contribution is -2.44. The quantitative estimate of drug-likeness (QED) is 0.289. The lowest BCUT2D eigenvalue weighted by molar-refractivity contribution is 0.134. The molecule has 100 valence electrons. The third kappa shape index (κ3) is 4.91. The number of oxime groups is 1. The van der Waals surface area contributed by atoms with E-state index in [-0.39, 0.29) is 6.04 Å². The summed E-state index contributed by atoms with van der Waals surface area (Å²) in [7, 11) is 2.17. The first-order chi connectivity index (χ1) is 7.95. The minimum absolute atomic E-state index is 0.252. The molecule has 0 aromatic heterocycles. The zero-order valence-electron chi connectivity index (χ0n) is 11.2. The Bertz CT molecular complexity index is 259. The smallest absolute Gasteiger partial charge is 0.140 e. The van der Waals surface area contributed by atoms with Gasteiger partial charge in [0.25, 0.3) is 0 Å². The SMILES string of the molecule is CC(CC(N)=NO)NCC1(C)CCN(C)CC1. The van der Waals surface area contributed by atoms with Crippen molar-refractivity contribution in [3.63, 3.8) is 0 Å². The Kier molecular flexibility index (Phi) is 5.21. The number of hydrogen-bond donors (Lipinski definition) is 3. The number of nitrogens with two attached hydrogens (primary N) is 1. The lowest BCUT2D eigenvalue weighted by Gasteiger charge is -2.38. The summed E-state index contributed by atoms with van der Waals surface area (Å²) in [5, 5.41) is 15.0. The number of nitrogens with zero attached hydrogens (tertiary/aromatic N) is 2. The van der Waals surface area contributed by atoms with Gasteiger partial charge in [0.15, 0.2) is 0 Å². The molecule has 17 heavy (non-hydrogen) atoms. The van der Waals surface area contributed by atoms with E-state index in [9.17, 15) is 0 Å². The van der Waals surface area contributed by atoms with Gasteiger partial charge in [-0.1, -0.05) is 12.1 Å². The van der Waals surface area contributed by atoms with Crippen LogP contribution in [0, 0.1) is 5.41 Å². The molecule has 1 aliphatic rings. The van der Waals surface area contributed by atoms with Crippen molar-refractivity contribution in [1.82, 2.24) is 10.2 Å². The fourth-order valence-corrected chi connectivity index (χ4v) is 2.18. The number of rotatable bonds is 5. The van der Waals surface area contributed by atoms with Gasteiger partial charge in [-0.2, -0.15) is 0 Å². The Labute approximate surface area is 104 Å². The first-order valence-corrected chi connectivity index (χ1v) is 6.33. The van der Waals surface area contributed by atoms with E-state index in [2.05, 4.69) is 36.3 Å². The lowest BCUT2D eigenvalue weighted by atomic mass is 9.80. The van der Waals surface area contributed by atoms with E-state index >= 15 is 0 Å². The Morgan fingerprint density at radius 1 is 1.53 bits per heavy atom. The highest BCUT2D eigenvalue weighted by Gasteiger charge is 2.28.